The number of nitrogens with one attached hydrogen (secondary N) is 2. The molecule has 2 heterocycles. The highest BCUT2D eigenvalue weighted by atomic mass is 16.5. The standard InChI is InChI=1S/C9H17N3O2/c13-9(11-8-1-6-14-7-8)12-4-2-10-3-5-12/h8,10H,1-7H2,(H,11,13)/t8-/m1/s1. The zero-order valence-corrected chi connectivity index (χ0v) is 8.29. The number of carbonyl (C=O) groups is 1. The molecule has 2 amide bonds. The first-order chi connectivity index (χ1) is 6.86. The molecule has 2 aliphatic rings. The second kappa shape index (κ2) is 4.61. The van der Waals surface area contributed by atoms with Gasteiger partial charge in [0, 0.05) is 32.8 Å². The van der Waals surface area contributed by atoms with Crippen molar-refractivity contribution in [3.05, 3.63) is 0 Å². The third kappa shape index (κ3) is 2.36. The number of urea groups is 1. The summed E-state index contributed by atoms with van der Waals surface area (Å²) in [5.74, 6) is 0. The van der Waals surface area contributed by atoms with Crippen molar-refractivity contribution >= 4 is 6.03 Å². The van der Waals surface area contributed by atoms with Gasteiger partial charge in [-0.05, 0) is 6.42 Å². The molecule has 2 aliphatic heterocycles. The Labute approximate surface area is 83.8 Å². The Morgan fingerprint density at radius 1 is 1.43 bits per heavy atom. The molecule has 0 bridgehead atoms. The minimum Gasteiger partial charge on any atom is -0.379 e. The van der Waals surface area contributed by atoms with E-state index in [9.17, 15) is 4.79 Å². The molecule has 0 aromatic heterocycles. The van der Waals surface area contributed by atoms with Crippen LogP contribution in [0.3, 0.4) is 0 Å². The minimum atomic E-state index is 0.0574. The van der Waals surface area contributed by atoms with Gasteiger partial charge in [-0.3, -0.25) is 0 Å². The number of nitrogens with zero attached hydrogens (tertiary/aromatic N) is 1. The van der Waals surface area contributed by atoms with E-state index in [-0.39, 0.29) is 12.1 Å². The van der Waals surface area contributed by atoms with Crippen molar-refractivity contribution in [3.63, 3.8) is 0 Å². The summed E-state index contributed by atoms with van der Waals surface area (Å²) in [4.78, 5) is 13.5. The quantitative estimate of drug-likeness (QED) is 0.592. The highest BCUT2D eigenvalue weighted by molar-refractivity contribution is 5.74. The molecule has 0 aromatic carbocycles. The van der Waals surface area contributed by atoms with Crippen LogP contribution in [0.4, 0.5) is 4.79 Å². The number of hydrogen-bond acceptors (Lipinski definition) is 3. The van der Waals surface area contributed by atoms with Crippen molar-refractivity contribution in [1.29, 1.82) is 0 Å². The summed E-state index contributed by atoms with van der Waals surface area (Å²) in [5, 5.41) is 6.20. The molecule has 0 aliphatic carbocycles. The molecule has 2 N–H and O–H groups in total. The van der Waals surface area contributed by atoms with E-state index in [0.717, 1.165) is 39.2 Å². The number of ether oxygens (including phenoxy) is 1. The SMILES string of the molecule is O=C(N[C@@H]1CCOC1)N1CCNCC1. The van der Waals surface area contributed by atoms with Gasteiger partial charge in [-0.15, -0.1) is 0 Å². The molecule has 2 saturated heterocycles. The first-order valence-electron chi connectivity index (χ1n) is 5.20. The van der Waals surface area contributed by atoms with Crippen LogP contribution in [0, 0.1) is 0 Å². The van der Waals surface area contributed by atoms with Gasteiger partial charge in [0.05, 0.1) is 12.6 Å². The largest absolute Gasteiger partial charge is 0.379 e. The van der Waals surface area contributed by atoms with E-state index in [1.54, 1.807) is 0 Å². The van der Waals surface area contributed by atoms with Crippen LogP contribution < -0.4 is 10.6 Å². The highest BCUT2D eigenvalue weighted by Gasteiger charge is 2.21. The molecule has 80 valence electrons. The molecular formula is C9H17N3O2. The molecule has 0 unspecified atom stereocenters. The van der Waals surface area contributed by atoms with Crippen molar-refractivity contribution < 1.29 is 9.53 Å². The predicted octanol–water partition coefficient (Wildman–Crippen LogP) is -0.610. The second-order valence-electron chi connectivity index (χ2n) is 3.75. The van der Waals surface area contributed by atoms with Gasteiger partial charge in [0.2, 0.25) is 0 Å². The van der Waals surface area contributed by atoms with E-state index < -0.39 is 0 Å². The zero-order valence-electron chi connectivity index (χ0n) is 8.29. The van der Waals surface area contributed by atoms with Crippen molar-refractivity contribution in [2.45, 2.75) is 12.5 Å². The van der Waals surface area contributed by atoms with Crippen molar-refractivity contribution in [3.8, 4) is 0 Å². The number of rotatable bonds is 1. The first-order valence-corrected chi connectivity index (χ1v) is 5.20. The van der Waals surface area contributed by atoms with E-state index in [2.05, 4.69) is 10.6 Å². The summed E-state index contributed by atoms with van der Waals surface area (Å²) < 4.78 is 5.20. The van der Waals surface area contributed by atoms with E-state index >= 15 is 0 Å². The fraction of sp³-hybridized carbons (Fsp3) is 0.889. The van der Waals surface area contributed by atoms with E-state index in [4.69, 9.17) is 4.74 Å². The second-order valence-corrected chi connectivity index (χ2v) is 3.75. The summed E-state index contributed by atoms with van der Waals surface area (Å²) in [6.07, 6.45) is 0.942. The molecule has 1 atom stereocenters. The molecule has 5 nitrogen and oxygen atoms in total. The third-order valence-electron chi connectivity index (χ3n) is 2.66. The molecule has 2 fully saturated rings. The third-order valence-corrected chi connectivity index (χ3v) is 2.66. The zero-order chi connectivity index (χ0) is 9.80. The molecule has 2 rings (SSSR count). The lowest BCUT2D eigenvalue weighted by molar-refractivity contribution is 0.174. The van der Waals surface area contributed by atoms with Gasteiger partial charge in [-0.1, -0.05) is 0 Å². The van der Waals surface area contributed by atoms with E-state index in [1.807, 2.05) is 4.90 Å². The molecule has 0 saturated carbocycles. The molecule has 0 spiro atoms. The summed E-state index contributed by atoms with van der Waals surface area (Å²) in [6.45, 7) is 4.84. The lowest BCUT2D eigenvalue weighted by Gasteiger charge is -2.28. The maximum atomic E-state index is 11.7. The van der Waals surface area contributed by atoms with Crippen LogP contribution in [0.25, 0.3) is 0 Å². The van der Waals surface area contributed by atoms with Crippen molar-refractivity contribution in [2.24, 2.45) is 0 Å². The molecule has 0 aromatic rings. The summed E-state index contributed by atoms with van der Waals surface area (Å²) in [5.41, 5.74) is 0. The van der Waals surface area contributed by atoms with Gasteiger partial charge in [0.15, 0.2) is 0 Å². The monoisotopic (exact) mass is 199 g/mol. The van der Waals surface area contributed by atoms with Gasteiger partial charge >= 0.3 is 6.03 Å². The molecule has 5 heteroatoms. The van der Waals surface area contributed by atoms with Crippen LogP contribution in [0.15, 0.2) is 0 Å². The lowest BCUT2D eigenvalue weighted by Crippen LogP contribution is -2.52. The Kier molecular flexibility index (Phi) is 3.21. The summed E-state index contributed by atoms with van der Waals surface area (Å²) in [7, 11) is 0. The number of amides is 2. The van der Waals surface area contributed by atoms with Crippen LogP contribution in [-0.4, -0.2) is 56.4 Å². The van der Waals surface area contributed by atoms with Gasteiger partial charge in [0.1, 0.15) is 0 Å². The normalized spacial score (nSPS) is 27.7. The van der Waals surface area contributed by atoms with E-state index in [1.165, 1.54) is 0 Å². The number of hydrogen-bond donors (Lipinski definition) is 2. The van der Waals surface area contributed by atoms with Crippen LogP contribution in [0.1, 0.15) is 6.42 Å². The fourth-order valence-corrected chi connectivity index (χ4v) is 1.78. The predicted molar refractivity (Wildman–Crippen MR) is 52.2 cm³/mol. The smallest absolute Gasteiger partial charge is 0.317 e. The first kappa shape index (κ1) is 9.73. The molecule has 14 heavy (non-hydrogen) atoms. The maximum absolute atomic E-state index is 11.7. The van der Waals surface area contributed by atoms with Crippen LogP contribution in [0.2, 0.25) is 0 Å². The Morgan fingerprint density at radius 3 is 2.86 bits per heavy atom. The van der Waals surface area contributed by atoms with Crippen LogP contribution in [-0.2, 0) is 4.74 Å². The Hall–Kier alpha value is -0.810. The van der Waals surface area contributed by atoms with Gasteiger partial charge < -0.3 is 20.3 Å². The van der Waals surface area contributed by atoms with Crippen molar-refractivity contribution in [1.82, 2.24) is 15.5 Å². The highest BCUT2D eigenvalue weighted by Crippen LogP contribution is 2.04. The lowest BCUT2D eigenvalue weighted by atomic mass is 10.3. The maximum Gasteiger partial charge on any atom is 0.317 e. The number of carbonyl (C=O) groups excluding carboxylic acids is 1. The fourth-order valence-electron chi connectivity index (χ4n) is 1.78. The van der Waals surface area contributed by atoms with Crippen molar-refractivity contribution in [2.75, 3.05) is 39.4 Å². The molecule has 0 radical (unpaired) electrons. The van der Waals surface area contributed by atoms with Gasteiger partial charge in [0.25, 0.3) is 0 Å². The Bertz CT molecular complexity index is 198. The Morgan fingerprint density at radius 2 is 2.21 bits per heavy atom. The van der Waals surface area contributed by atoms with Gasteiger partial charge in [-0.25, -0.2) is 4.79 Å². The molecular weight excluding hydrogens is 182 g/mol. The minimum absolute atomic E-state index is 0.0574. The van der Waals surface area contributed by atoms with Crippen LogP contribution >= 0.6 is 0 Å². The average molecular weight is 199 g/mol. The Balaban J connectivity index is 1.75. The number of piperazine rings is 1. The summed E-state index contributed by atoms with van der Waals surface area (Å²) >= 11 is 0. The van der Waals surface area contributed by atoms with E-state index in [0.29, 0.717) is 6.61 Å². The topological polar surface area (TPSA) is 53.6 Å². The average Bonchev–Trinajstić information content (AvgIpc) is 2.72. The van der Waals surface area contributed by atoms with Crippen LogP contribution in [0.5, 0.6) is 0 Å². The summed E-state index contributed by atoms with van der Waals surface area (Å²) in [6, 6.07) is 0.277. The van der Waals surface area contributed by atoms with Gasteiger partial charge in [-0.2, -0.15) is 0 Å².